The third-order valence-electron chi connectivity index (χ3n) is 2.39. The first-order valence-corrected chi connectivity index (χ1v) is 7.08. The molecule has 0 spiro atoms. The molecule has 0 aromatic carbocycles. The normalized spacial score (nSPS) is 15.9. The van der Waals surface area contributed by atoms with Crippen molar-refractivity contribution in [2.24, 2.45) is 11.7 Å². The molecular formula is C9H20N2O2S2. The van der Waals surface area contributed by atoms with E-state index in [0.717, 1.165) is 6.42 Å². The number of nitrogens with two attached hydrogens (primary N) is 1. The van der Waals surface area contributed by atoms with E-state index >= 15 is 0 Å². The van der Waals surface area contributed by atoms with Gasteiger partial charge in [-0.15, -0.1) is 0 Å². The molecule has 2 atom stereocenters. The minimum atomic E-state index is -3.39. The van der Waals surface area contributed by atoms with Crippen LogP contribution in [0.5, 0.6) is 0 Å². The molecule has 0 aliphatic rings. The first kappa shape index (κ1) is 14.8. The quantitative estimate of drug-likeness (QED) is 0.664. The SMILES string of the molecule is CCC(C)CNS(=O)(=O)C(CC)C(N)=S. The van der Waals surface area contributed by atoms with Gasteiger partial charge in [-0.2, -0.15) is 0 Å². The van der Waals surface area contributed by atoms with Crippen LogP contribution in [0, 0.1) is 5.92 Å². The van der Waals surface area contributed by atoms with Gasteiger partial charge in [-0.3, -0.25) is 0 Å². The first-order chi connectivity index (χ1) is 6.85. The molecule has 3 N–H and O–H groups in total. The highest BCUT2D eigenvalue weighted by atomic mass is 32.2. The second kappa shape index (κ2) is 6.40. The van der Waals surface area contributed by atoms with Gasteiger partial charge in [-0.25, -0.2) is 13.1 Å². The Hall–Kier alpha value is -0.200. The van der Waals surface area contributed by atoms with Crippen LogP contribution >= 0.6 is 12.2 Å². The zero-order chi connectivity index (χ0) is 12.1. The summed E-state index contributed by atoms with van der Waals surface area (Å²) in [6.07, 6.45) is 1.34. The van der Waals surface area contributed by atoms with E-state index in [2.05, 4.69) is 4.72 Å². The second-order valence-corrected chi connectivity index (χ2v) is 6.13. The van der Waals surface area contributed by atoms with Gasteiger partial charge < -0.3 is 5.73 Å². The molecule has 0 aromatic rings. The average molecular weight is 252 g/mol. The summed E-state index contributed by atoms with van der Waals surface area (Å²) in [4.78, 5) is 0.0363. The van der Waals surface area contributed by atoms with Crippen LogP contribution in [0.4, 0.5) is 0 Å². The zero-order valence-electron chi connectivity index (χ0n) is 9.49. The molecule has 2 unspecified atom stereocenters. The molecule has 6 heteroatoms. The minimum absolute atomic E-state index is 0.0363. The number of sulfonamides is 1. The zero-order valence-corrected chi connectivity index (χ0v) is 11.1. The predicted molar refractivity (Wildman–Crippen MR) is 67.2 cm³/mol. The Bertz CT molecular complexity index is 301. The summed E-state index contributed by atoms with van der Waals surface area (Å²) in [6, 6.07) is 0. The Morgan fingerprint density at radius 1 is 1.40 bits per heavy atom. The standard InChI is InChI=1S/C9H20N2O2S2/c1-4-7(3)6-11-15(12,13)8(5-2)9(10)14/h7-8,11H,4-6H2,1-3H3,(H2,10,14). The van der Waals surface area contributed by atoms with Crippen molar-refractivity contribution < 1.29 is 8.42 Å². The Morgan fingerprint density at radius 3 is 2.27 bits per heavy atom. The molecule has 0 amide bonds. The molecule has 0 fully saturated rings. The van der Waals surface area contributed by atoms with Crippen LogP contribution in [0.2, 0.25) is 0 Å². The van der Waals surface area contributed by atoms with E-state index in [1.807, 2.05) is 13.8 Å². The fourth-order valence-electron chi connectivity index (χ4n) is 1.08. The lowest BCUT2D eigenvalue weighted by Crippen LogP contribution is -2.42. The van der Waals surface area contributed by atoms with Crippen LogP contribution in [0.1, 0.15) is 33.6 Å². The molecule has 0 rings (SSSR count). The molecule has 0 radical (unpaired) electrons. The number of hydrogen-bond donors (Lipinski definition) is 2. The Labute approximate surface area is 97.7 Å². The summed E-state index contributed by atoms with van der Waals surface area (Å²) >= 11 is 4.73. The Kier molecular flexibility index (Phi) is 6.31. The third-order valence-corrected chi connectivity index (χ3v) is 4.73. The van der Waals surface area contributed by atoms with Gasteiger partial charge in [0.15, 0.2) is 0 Å². The molecule has 0 heterocycles. The van der Waals surface area contributed by atoms with Crippen molar-refractivity contribution in [3.63, 3.8) is 0 Å². The van der Waals surface area contributed by atoms with Gasteiger partial charge in [0.25, 0.3) is 0 Å². The number of hydrogen-bond acceptors (Lipinski definition) is 3. The van der Waals surface area contributed by atoms with Gasteiger partial charge in [0.2, 0.25) is 10.0 Å². The number of thiocarbonyl (C=S) groups is 1. The van der Waals surface area contributed by atoms with E-state index in [0.29, 0.717) is 18.9 Å². The molecule has 0 saturated carbocycles. The van der Waals surface area contributed by atoms with Gasteiger partial charge in [0.05, 0.1) is 4.99 Å². The second-order valence-electron chi connectivity index (χ2n) is 3.71. The van der Waals surface area contributed by atoms with Crippen LogP contribution in [0.3, 0.4) is 0 Å². The Morgan fingerprint density at radius 2 is 1.93 bits per heavy atom. The average Bonchev–Trinajstić information content (AvgIpc) is 2.14. The first-order valence-electron chi connectivity index (χ1n) is 5.12. The van der Waals surface area contributed by atoms with Gasteiger partial charge in [-0.1, -0.05) is 39.4 Å². The highest BCUT2D eigenvalue weighted by molar-refractivity contribution is 7.93. The van der Waals surface area contributed by atoms with Crippen molar-refractivity contribution in [3.8, 4) is 0 Å². The van der Waals surface area contributed by atoms with Crippen molar-refractivity contribution in [1.82, 2.24) is 4.72 Å². The smallest absolute Gasteiger partial charge is 0.221 e. The maximum Gasteiger partial charge on any atom is 0.221 e. The highest BCUT2D eigenvalue weighted by Crippen LogP contribution is 2.06. The van der Waals surface area contributed by atoms with Crippen LogP contribution in [-0.2, 0) is 10.0 Å². The van der Waals surface area contributed by atoms with E-state index in [4.69, 9.17) is 18.0 Å². The molecule has 0 bridgehead atoms. The molecule has 90 valence electrons. The molecule has 15 heavy (non-hydrogen) atoms. The fraction of sp³-hybridized carbons (Fsp3) is 0.889. The molecular weight excluding hydrogens is 232 g/mol. The van der Waals surface area contributed by atoms with Crippen LogP contribution in [-0.4, -0.2) is 25.2 Å². The van der Waals surface area contributed by atoms with Gasteiger partial charge in [0, 0.05) is 6.54 Å². The minimum Gasteiger partial charge on any atom is -0.392 e. The van der Waals surface area contributed by atoms with E-state index in [1.165, 1.54) is 0 Å². The van der Waals surface area contributed by atoms with E-state index in [1.54, 1.807) is 6.92 Å². The maximum atomic E-state index is 11.7. The molecule has 4 nitrogen and oxygen atoms in total. The Balaban J connectivity index is 4.47. The van der Waals surface area contributed by atoms with Crippen LogP contribution in [0.15, 0.2) is 0 Å². The lowest BCUT2D eigenvalue weighted by atomic mass is 10.1. The largest absolute Gasteiger partial charge is 0.392 e. The van der Waals surface area contributed by atoms with E-state index < -0.39 is 15.3 Å². The monoisotopic (exact) mass is 252 g/mol. The van der Waals surface area contributed by atoms with Gasteiger partial charge >= 0.3 is 0 Å². The lowest BCUT2D eigenvalue weighted by molar-refractivity contribution is 0.525. The predicted octanol–water partition coefficient (Wildman–Crippen LogP) is 1.02. The summed E-state index contributed by atoms with van der Waals surface area (Å²) in [5, 5.41) is -0.753. The summed E-state index contributed by atoms with van der Waals surface area (Å²) in [5.41, 5.74) is 5.38. The van der Waals surface area contributed by atoms with E-state index in [-0.39, 0.29) is 4.99 Å². The molecule has 0 aliphatic carbocycles. The lowest BCUT2D eigenvalue weighted by Gasteiger charge is -2.17. The van der Waals surface area contributed by atoms with Crippen molar-refractivity contribution in [2.45, 2.75) is 38.9 Å². The maximum absolute atomic E-state index is 11.7. The van der Waals surface area contributed by atoms with Gasteiger partial charge in [-0.05, 0) is 12.3 Å². The number of rotatable bonds is 7. The van der Waals surface area contributed by atoms with Crippen LogP contribution < -0.4 is 10.5 Å². The van der Waals surface area contributed by atoms with Crippen molar-refractivity contribution in [1.29, 1.82) is 0 Å². The highest BCUT2D eigenvalue weighted by Gasteiger charge is 2.26. The number of nitrogens with one attached hydrogen (secondary N) is 1. The van der Waals surface area contributed by atoms with Crippen molar-refractivity contribution >= 4 is 27.2 Å². The summed E-state index contributed by atoms with van der Waals surface area (Å²) in [7, 11) is -3.39. The molecule has 0 aliphatic heterocycles. The molecule has 0 aromatic heterocycles. The van der Waals surface area contributed by atoms with E-state index in [9.17, 15) is 8.42 Å². The summed E-state index contributed by atoms with van der Waals surface area (Å²) in [6.45, 7) is 6.21. The topological polar surface area (TPSA) is 72.2 Å². The van der Waals surface area contributed by atoms with Crippen LogP contribution in [0.25, 0.3) is 0 Å². The summed E-state index contributed by atoms with van der Waals surface area (Å²) in [5.74, 6) is 0.323. The van der Waals surface area contributed by atoms with Crippen molar-refractivity contribution in [2.75, 3.05) is 6.54 Å². The fourth-order valence-corrected chi connectivity index (χ4v) is 3.09. The summed E-state index contributed by atoms with van der Waals surface area (Å²) < 4.78 is 26.0. The molecule has 0 saturated heterocycles. The third kappa shape index (κ3) is 4.90. The van der Waals surface area contributed by atoms with Gasteiger partial charge in [0.1, 0.15) is 5.25 Å². The van der Waals surface area contributed by atoms with Crippen molar-refractivity contribution in [3.05, 3.63) is 0 Å².